The van der Waals surface area contributed by atoms with E-state index in [2.05, 4.69) is 23.4 Å². The predicted octanol–water partition coefficient (Wildman–Crippen LogP) is 2.81. The van der Waals surface area contributed by atoms with E-state index in [0.717, 1.165) is 11.3 Å². The molecule has 0 amide bonds. The van der Waals surface area contributed by atoms with Crippen molar-refractivity contribution >= 4 is 11.3 Å². The first-order chi connectivity index (χ1) is 7.16. The van der Waals surface area contributed by atoms with Crippen molar-refractivity contribution in [1.29, 1.82) is 0 Å². The Balaban J connectivity index is 2.32. The maximum atomic E-state index is 6.18. The average Bonchev–Trinajstić information content (AvgIpc) is 2.64. The van der Waals surface area contributed by atoms with E-state index in [1.807, 2.05) is 25.3 Å². The van der Waals surface area contributed by atoms with Gasteiger partial charge in [-0.15, -0.1) is 11.3 Å². The molecular weight excluding hydrogens is 204 g/mol. The van der Waals surface area contributed by atoms with Gasteiger partial charge in [-0.2, -0.15) is 0 Å². The molecule has 78 valence electrons. The molecule has 1 unspecified atom stereocenters. The average molecular weight is 218 g/mol. The molecule has 0 saturated heterocycles. The molecular formula is C12H14N2S. The van der Waals surface area contributed by atoms with Crippen LogP contribution >= 0.6 is 11.3 Å². The highest BCUT2D eigenvalue weighted by molar-refractivity contribution is 7.10. The fourth-order valence-corrected chi connectivity index (χ4v) is 2.32. The Kier molecular flexibility index (Phi) is 2.84. The van der Waals surface area contributed by atoms with Gasteiger partial charge in [-0.1, -0.05) is 0 Å². The van der Waals surface area contributed by atoms with Crippen molar-refractivity contribution in [2.24, 2.45) is 5.73 Å². The third kappa shape index (κ3) is 2.25. The summed E-state index contributed by atoms with van der Waals surface area (Å²) in [5, 5.41) is 2.12. The number of hydrogen-bond acceptors (Lipinski definition) is 3. The Morgan fingerprint density at radius 2 is 2.07 bits per heavy atom. The van der Waals surface area contributed by atoms with Crippen LogP contribution in [-0.2, 0) is 0 Å². The Morgan fingerprint density at radius 3 is 2.67 bits per heavy atom. The van der Waals surface area contributed by atoms with Crippen LogP contribution in [0.5, 0.6) is 0 Å². The van der Waals surface area contributed by atoms with E-state index in [-0.39, 0.29) is 6.04 Å². The first-order valence-corrected chi connectivity index (χ1v) is 5.78. The smallest absolute Gasteiger partial charge is 0.0561 e. The van der Waals surface area contributed by atoms with Gasteiger partial charge in [0.25, 0.3) is 0 Å². The number of thiophene rings is 1. The van der Waals surface area contributed by atoms with E-state index < -0.39 is 0 Å². The van der Waals surface area contributed by atoms with E-state index in [1.54, 1.807) is 11.3 Å². The van der Waals surface area contributed by atoms with Gasteiger partial charge >= 0.3 is 0 Å². The molecule has 2 N–H and O–H groups in total. The minimum absolute atomic E-state index is 0.0309. The summed E-state index contributed by atoms with van der Waals surface area (Å²) in [6.07, 6.45) is 1.81. The van der Waals surface area contributed by atoms with Crippen LogP contribution in [0.25, 0.3) is 0 Å². The third-order valence-electron chi connectivity index (χ3n) is 2.39. The summed E-state index contributed by atoms with van der Waals surface area (Å²) in [6.45, 7) is 4.08. The van der Waals surface area contributed by atoms with Crippen molar-refractivity contribution in [2.45, 2.75) is 19.9 Å². The molecule has 0 aliphatic heterocycles. The molecule has 0 aromatic carbocycles. The second-order valence-corrected chi connectivity index (χ2v) is 4.81. The highest BCUT2D eigenvalue weighted by atomic mass is 32.1. The summed E-state index contributed by atoms with van der Waals surface area (Å²) < 4.78 is 0. The zero-order valence-electron chi connectivity index (χ0n) is 8.90. The second-order valence-electron chi connectivity index (χ2n) is 3.70. The third-order valence-corrected chi connectivity index (χ3v) is 3.27. The summed E-state index contributed by atoms with van der Waals surface area (Å²) in [5.41, 5.74) is 9.50. The lowest BCUT2D eigenvalue weighted by Gasteiger charge is -2.10. The second kappa shape index (κ2) is 4.13. The molecule has 2 aromatic rings. The van der Waals surface area contributed by atoms with E-state index in [0.29, 0.717) is 0 Å². The Labute approximate surface area is 93.8 Å². The number of rotatable bonds is 2. The van der Waals surface area contributed by atoms with E-state index in [1.165, 1.54) is 10.4 Å². The van der Waals surface area contributed by atoms with Crippen molar-refractivity contribution in [3.8, 4) is 0 Å². The van der Waals surface area contributed by atoms with E-state index >= 15 is 0 Å². The highest BCUT2D eigenvalue weighted by Crippen LogP contribution is 2.24. The van der Waals surface area contributed by atoms with Crippen LogP contribution in [0.2, 0.25) is 0 Å². The molecule has 3 heteroatoms. The van der Waals surface area contributed by atoms with Gasteiger partial charge in [0.15, 0.2) is 0 Å². The normalized spacial score (nSPS) is 12.7. The van der Waals surface area contributed by atoms with Gasteiger partial charge in [-0.05, 0) is 48.6 Å². The first-order valence-electron chi connectivity index (χ1n) is 4.90. The van der Waals surface area contributed by atoms with Crippen molar-refractivity contribution in [2.75, 3.05) is 0 Å². The van der Waals surface area contributed by atoms with Crippen LogP contribution in [-0.4, -0.2) is 4.98 Å². The van der Waals surface area contributed by atoms with Gasteiger partial charge < -0.3 is 5.73 Å². The monoisotopic (exact) mass is 218 g/mol. The number of nitrogens with two attached hydrogens (primary N) is 1. The summed E-state index contributed by atoms with van der Waals surface area (Å²) in [4.78, 5) is 5.47. The van der Waals surface area contributed by atoms with Crippen LogP contribution in [0.15, 0.2) is 29.8 Å². The fraction of sp³-hybridized carbons (Fsp3) is 0.250. The van der Waals surface area contributed by atoms with Gasteiger partial charge in [-0.3, -0.25) is 4.98 Å². The Bertz CT molecular complexity index is 462. The highest BCUT2D eigenvalue weighted by Gasteiger charge is 2.10. The quantitative estimate of drug-likeness (QED) is 0.841. The number of hydrogen-bond donors (Lipinski definition) is 1. The number of nitrogens with zero attached hydrogens (tertiary/aromatic N) is 1. The standard InChI is InChI=1S/C12H14N2S/c1-8-5-10(3-4-14-8)12(13)11-6-9(2)15-7-11/h3-7,12H,13H2,1-2H3. The van der Waals surface area contributed by atoms with Gasteiger partial charge in [0.1, 0.15) is 0 Å². The van der Waals surface area contributed by atoms with Crippen LogP contribution in [0.1, 0.15) is 27.7 Å². The Hall–Kier alpha value is -1.19. The molecule has 2 heterocycles. The lowest BCUT2D eigenvalue weighted by Crippen LogP contribution is -2.11. The number of aryl methyl sites for hydroxylation is 2. The van der Waals surface area contributed by atoms with Crippen LogP contribution in [0.4, 0.5) is 0 Å². The summed E-state index contributed by atoms with van der Waals surface area (Å²) in [5.74, 6) is 0. The lowest BCUT2D eigenvalue weighted by molar-refractivity contribution is 0.868. The minimum Gasteiger partial charge on any atom is -0.320 e. The topological polar surface area (TPSA) is 38.9 Å². The lowest BCUT2D eigenvalue weighted by atomic mass is 10.0. The molecule has 0 aliphatic carbocycles. The zero-order chi connectivity index (χ0) is 10.8. The van der Waals surface area contributed by atoms with E-state index in [9.17, 15) is 0 Å². The molecule has 15 heavy (non-hydrogen) atoms. The van der Waals surface area contributed by atoms with Crippen molar-refractivity contribution in [3.05, 3.63) is 51.5 Å². The Morgan fingerprint density at radius 1 is 1.27 bits per heavy atom. The zero-order valence-corrected chi connectivity index (χ0v) is 9.71. The van der Waals surface area contributed by atoms with Crippen molar-refractivity contribution in [3.63, 3.8) is 0 Å². The first kappa shape index (κ1) is 10.3. The van der Waals surface area contributed by atoms with Crippen LogP contribution < -0.4 is 5.73 Å². The van der Waals surface area contributed by atoms with Gasteiger partial charge in [0.05, 0.1) is 6.04 Å². The molecule has 2 nitrogen and oxygen atoms in total. The molecule has 0 saturated carbocycles. The van der Waals surface area contributed by atoms with Gasteiger partial charge in [0, 0.05) is 16.8 Å². The maximum absolute atomic E-state index is 6.18. The summed E-state index contributed by atoms with van der Waals surface area (Å²) in [6, 6.07) is 6.13. The fourth-order valence-electron chi connectivity index (χ4n) is 1.58. The van der Waals surface area contributed by atoms with Crippen molar-refractivity contribution < 1.29 is 0 Å². The maximum Gasteiger partial charge on any atom is 0.0561 e. The van der Waals surface area contributed by atoms with E-state index in [4.69, 9.17) is 5.73 Å². The molecule has 2 aromatic heterocycles. The molecule has 0 aliphatic rings. The van der Waals surface area contributed by atoms with Gasteiger partial charge in [0.2, 0.25) is 0 Å². The number of pyridine rings is 1. The largest absolute Gasteiger partial charge is 0.320 e. The van der Waals surface area contributed by atoms with Crippen LogP contribution in [0, 0.1) is 13.8 Å². The van der Waals surface area contributed by atoms with Crippen molar-refractivity contribution in [1.82, 2.24) is 4.98 Å². The SMILES string of the molecule is Cc1cc(C(N)c2csc(C)c2)ccn1. The molecule has 1 atom stereocenters. The molecule has 0 spiro atoms. The van der Waals surface area contributed by atoms with Gasteiger partial charge in [-0.25, -0.2) is 0 Å². The molecule has 0 fully saturated rings. The number of aromatic nitrogens is 1. The predicted molar refractivity (Wildman–Crippen MR) is 64.1 cm³/mol. The summed E-state index contributed by atoms with van der Waals surface area (Å²) >= 11 is 1.74. The van der Waals surface area contributed by atoms with Crippen LogP contribution in [0.3, 0.4) is 0 Å². The minimum atomic E-state index is -0.0309. The summed E-state index contributed by atoms with van der Waals surface area (Å²) in [7, 11) is 0. The molecule has 2 rings (SSSR count). The molecule has 0 radical (unpaired) electrons. The molecule has 0 bridgehead atoms.